The van der Waals surface area contributed by atoms with Gasteiger partial charge in [0.05, 0.1) is 6.42 Å². The van der Waals surface area contributed by atoms with Crippen LogP contribution in [0.5, 0.6) is 0 Å². The highest BCUT2D eigenvalue weighted by atomic mass is 16.5. The van der Waals surface area contributed by atoms with Crippen LogP contribution in [0.3, 0.4) is 0 Å². The number of rotatable bonds is 11. The van der Waals surface area contributed by atoms with E-state index in [9.17, 15) is 14.4 Å². The fourth-order valence-corrected chi connectivity index (χ4v) is 4.85. The Morgan fingerprint density at radius 3 is 2.32 bits per heavy atom. The summed E-state index contributed by atoms with van der Waals surface area (Å²) in [5.74, 6) is -1.16. The second-order valence-electron chi connectivity index (χ2n) is 9.25. The summed E-state index contributed by atoms with van der Waals surface area (Å²) in [5, 5.41) is 14.7. The summed E-state index contributed by atoms with van der Waals surface area (Å²) in [7, 11) is 0. The lowest BCUT2D eigenvalue weighted by molar-refractivity contribution is -0.137. The quantitative estimate of drug-likeness (QED) is 0.460. The number of carbonyl (C=O) groups is 3. The molecule has 2 aliphatic carbocycles. The van der Waals surface area contributed by atoms with E-state index in [1.807, 2.05) is 31.2 Å². The lowest BCUT2D eigenvalue weighted by atomic mass is 9.98. The van der Waals surface area contributed by atoms with E-state index in [1.165, 1.54) is 11.1 Å². The summed E-state index contributed by atoms with van der Waals surface area (Å²) in [4.78, 5) is 35.9. The maximum atomic E-state index is 12.5. The molecule has 0 unspecified atom stereocenters. The third-order valence-electron chi connectivity index (χ3n) is 6.79. The SMILES string of the molecule is CCCC[C@H](CC(=O)O)NC(=O)[C@@H]1C[C@@H]1CNC(=O)OCC1c2ccccc2-c2ccccc21. The molecule has 3 N–H and O–H groups in total. The van der Waals surface area contributed by atoms with Crippen LogP contribution in [0.2, 0.25) is 0 Å². The van der Waals surface area contributed by atoms with Crippen LogP contribution in [0.1, 0.15) is 56.1 Å². The van der Waals surface area contributed by atoms with Gasteiger partial charge in [0.25, 0.3) is 0 Å². The van der Waals surface area contributed by atoms with Crippen molar-refractivity contribution in [1.82, 2.24) is 10.6 Å². The van der Waals surface area contributed by atoms with Gasteiger partial charge in [-0.3, -0.25) is 9.59 Å². The number of benzene rings is 2. The first-order valence-corrected chi connectivity index (χ1v) is 12.1. The van der Waals surface area contributed by atoms with Gasteiger partial charge in [-0.1, -0.05) is 68.3 Å². The highest BCUT2D eigenvalue weighted by Gasteiger charge is 2.43. The molecule has 0 spiro atoms. The van der Waals surface area contributed by atoms with Crippen LogP contribution in [-0.2, 0) is 14.3 Å². The zero-order valence-electron chi connectivity index (χ0n) is 19.5. The Morgan fingerprint density at radius 2 is 1.71 bits per heavy atom. The van der Waals surface area contributed by atoms with E-state index in [2.05, 4.69) is 34.9 Å². The molecule has 0 aliphatic heterocycles. The molecule has 2 aromatic rings. The third kappa shape index (κ3) is 5.58. The average Bonchev–Trinajstić information content (AvgIpc) is 3.55. The van der Waals surface area contributed by atoms with Gasteiger partial charge in [0.1, 0.15) is 6.61 Å². The number of alkyl carbamates (subject to hydrolysis) is 1. The lowest BCUT2D eigenvalue weighted by Gasteiger charge is -2.17. The molecule has 2 aliphatic rings. The normalized spacial score (nSPS) is 19.0. The third-order valence-corrected chi connectivity index (χ3v) is 6.79. The number of fused-ring (bicyclic) bond motifs is 3. The van der Waals surface area contributed by atoms with Gasteiger partial charge in [-0.25, -0.2) is 4.79 Å². The zero-order valence-corrected chi connectivity index (χ0v) is 19.5. The van der Waals surface area contributed by atoms with E-state index in [0.717, 1.165) is 24.0 Å². The van der Waals surface area contributed by atoms with E-state index in [1.54, 1.807) is 0 Å². The maximum Gasteiger partial charge on any atom is 0.407 e. The van der Waals surface area contributed by atoms with Crippen molar-refractivity contribution in [1.29, 1.82) is 0 Å². The summed E-state index contributed by atoms with van der Waals surface area (Å²) in [5.41, 5.74) is 4.68. The summed E-state index contributed by atoms with van der Waals surface area (Å²) < 4.78 is 5.55. The maximum absolute atomic E-state index is 12.5. The van der Waals surface area contributed by atoms with Crippen molar-refractivity contribution in [3.8, 4) is 11.1 Å². The first-order chi connectivity index (χ1) is 16.5. The molecule has 1 fully saturated rings. The summed E-state index contributed by atoms with van der Waals surface area (Å²) in [6, 6.07) is 16.0. The van der Waals surface area contributed by atoms with Crippen molar-refractivity contribution < 1.29 is 24.2 Å². The number of amides is 2. The molecule has 34 heavy (non-hydrogen) atoms. The molecule has 180 valence electrons. The molecule has 3 atom stereocenters. The molecule has 4 rings (SSSR count). The van der Waals surface area contributed by atoms with Gasteiger partial charge in [-0.15, -0.1) is 0 Å². The van der Waals surface area contributed by atoms with E-state index >= 15 is 0 Å². The van der Waals surface area contributed by atoms with Crippen LogP contribution in [-0.4, -0.2) is 42.3 Å². The minimum Gasteiger partial charge on any atom is -0.481 e. The second-order valence-corrected chi connectivity index (χ2v) is 9.25. The molecule has 0 heterocycles. The minimum absolute atomic E-state index is 0.00638. The Labute approximate surface area is 199 Å². The highest BCUT2D eigenvalue weighted by molar-refractivity contribution is 5.82. The van der Waals surface area contributed by atoms with Gasteiger partial charge in [0, 0.05) is 24.4 Å². The molecular formula is C27H32N2O5. The monoisotopic (exact) mass is 464 g/mol. The van der Waals surface area contributed by atoms with Gasteiger partial charge in [-0.2, -0.15) is 0 Å². The van der Waals surface area contributed by atoms with Crippen LogP contribution in [0.4, 0.5) is 4.79 Å². The Morgan fingerprint density at radius 1 is 1.06 bits per heavy atom. The minimum atomic E-state index is -0.911. The van der Waals surface area contributed by atoms with Gasteiger partial charge in [-0.05, 0) is 41.0 Å². The van der Waals surface area contributed by atoms with Crippen molar-refractivity contribution in [3.63, 3.8) is 0 Å². The van der Waals surface area contributed by atoms with Gasteiger partial charge < -0.3 is 20.5 Å². The van der Waals surface area contributed by atoms with Crippen LogP contribution in [0, 0.1) is 11.8 Å². The Kier molecular flexibility index (Phi) is 7.50. The van der Waals surface area contributed by atoms with E-state index in [0.29, 0.717) is 19.4 Å². The molecule has 0 aromatic heterocycles. The van der Waals surface area contributed by atoms with Crippen LogP contribution in [0.25, 0.3) is 11.1 Å². The molecule has 0 bridgehead atoms. The van der Waals surface area contributed by atoms with E-state index in [4.69, 9.17) is 9.84 Å². The number of hydrogen-bond donors (Lipinski definition) is 3. The van der Waals surface area contributed by atoms with Crippen LogP contribution in [0.15, 0.2) is 48.5 Å². The van der Waals surface area contributed by atoms with Crippen molar-refractivity contribution in [2.24, 2.45) is 11.8 Å². The predicted molar refractivity (Wildman–Crippen MR) is 128 cm³/mol. The number of nitrogens with one attached hydrogen (secondary N) is 2. The Bertz CT molecular complexity index is 1010. The molecule has 2 amide bonds. The lowest BCUT2D eigenvalue weighted by Crippen LogP contribution is -2.38. The van der Waals surface area contributed by atoms with E-state index in [-0.39, 0.29) is 42.7 Å². The highest BCUT2D eigenvalue weighted by Crippen LogP contribution is 2.44. The number of hydrogen-bond acceptors (Lipinski definition) is 4. The first kappa shape index (κ1) is 23.8. The number of ether oxygens (including phenoxy) is 1. The van der Waals surface area contributed by atoms with Crippen LogP contribution < -0.4 is 10.6 Å². The number of carbonyl (C=O) groups excluding carboxylic acids is 2. The van der Waals surface area contributed by atoms with Crippen molar-refractivity contribution in [2.45, 2.75) is 51.0 Å². The molecular weight excluding hydrogens is 432 g/mol. The summed E-state index contributed by atoms with van der Waals surface area (Å²) >= 11 is 0. The van der Waals surface area contributed by atoms with Gasteiger partial charge >= 0.3 is 12.1 Å². The molecule has 0 saturated heterocycles. The Hall–Kier alpha value is -3.35. The van der Waals surface area contributed by atoms with Crippen LogP contribution >= 0.6 is 0 Å². The fraction of sp³-hybridized carbons (Fsp3) is 0.444. The topological polar surface area (TPSA) is 105 Å². The number of carboxylic acid groups (broad SMARTS) is 1. The number of aliphatic carboxylic acids is 1. The largest absolute Gasteiger partial charge is 0.481 e. The smallest absolute Gasteiger partial charge is 0.407 e. The first-order valence-electron chi connectivity index (χ1n) is 12.1. The predicted octanol–water partition coefficient (Wildman–Crippen LogP) is 4.31. The standard InChI is InChI=1S/C27H32N2O5/c1-2-3-8-18(14-25(30)31)29-26(32)23-13-17(23)15-28-27(33)34-16-24-21-11-6-4-9-19(21)20-10-5-7-12-22(20)24/h4-7,9-12,17-18,23-24H,2-3,8,13-16H2,1H3,(H,28,33)(H,29,32)(H,30,31)/t17-,18-,23-/m1/s1. The second kappa shape index (κ2) is 10.7. The zero-order chi connectivity index (χ0) is 24.1. The van der Waals surface area contributed by atoms with Crippen molar-refractivity contribution >= 4 is 18.0 Å². The molecule has 2 aromatic carbocycles. The average molecular weight is 465 g/mol. The fourth-order valence-electron chi connectivity index (χ4n) is 4.85. The number of unbranched alkanes of at least 4 members (excludes halogenated alkanes) is 1. The summed E-state index contributed by atoms with van der Waals surface area (Å²) in [6.07, 6.45) is 2.60. The van der Waals surface area contributed by atoms with Crippen molar-refractivity contribution in [3.05, 3.63) is 59.7 Å². The Balaban J connectivity index is 1.23. The number of carboxylic acids is 1. The molecule has 0 radical (unpaired) electrons. The van der Waals surface area contributed by atoms with Gasteiger partial charge in [0.2, 0.25) is 5.91 Å². The van der Waals surface area contributed by atoms with Crippen molar-refractivity contribution in [2.75, 3.05) is 13.2 Å². The van der Waals surface area contributed by atoms with E-state index < -0.39 is 12.1 Å². The molecule has 1 saturated carbocycles. The molecule has 7 heteroatoms. The molecule has 7 nitrogen and oxygen atoms in total. The summed E-state index contributed by atoms with van der Waals surface area (Å²) in [6.45, 7) is 2.65. The van der Waals surface area contributed by atoms with Gasteiger partial charge in [0.15, 0.2) is 0 Å².